The third kappa shape index (κ3) is 8.87. The number of carbonyl (C=O) groups is 1. The molecule has 0 aliphatic rings. The molecule has 0 aromatic rings. The van der Waals surface area contributed by atoms with E-state index in [4.69, 9.17) is 27.6 Å². The molecule has 0 radical (unpaired) electrons. The van der Waals surface area contributed by atoms with E-state index >= 15 is 0 Å². The van der Waals surface area contributed by atoms with Gasteiger partial charge in [0.15, 0.2) is 5.40 Å². The molecule has 0 unspecified atom stereocenters. The van der Waals surface area contributed by atoms with Crippen LogP contribution in [0.25, 0.3) is 0 Å². The molecule has 9 nitrogen and oxygen atoms in total. The van der Waals surface area contributed by atoms with E-state index in [9.17, 15) is 13.9 Å². The van der Waals surface area contributed by atoms with Crippen LogP contribution in [0.4, 0.5) is 0 Å². The number of rotatable bonds is 17. The minimum absolute atomic E-state index is 0.0113. The maximum atomic E-state index is 13.3. The summed E-state index contributed by atoms with van der Waals surface area (Å²) in [5.74, 6) is -0.553. The molecule has 11 heteroatoms. The monoisotopic (exact) mass is 444 g/mol. The Morgan fingerprint density at radius 3 is 1.61 bits per heavy atom. The largest absolute Gasteiger partial charge is 0.463 e. The molecule has 0 rings (SSSR count). The molecule has 0 spiro atoms. The van der Waals surface area contributed by atoms with Crippen molar-refractivity contribution in [3.63, 3.8) is 0 Å². The van der Waals surface area contributed by atoms with E-state index in [1.54, 1.807) is 34.6 Å². The molecule has 0 aliphatic carbocycles. The third-order valence-electron chi connectivity index (χ3n) is 3.33. The average Bonchev–Trinajstić information content (AvgIpc) is 2.62. The first-order chi connectivity index (χ1) is 13.2. The van der Waals surface area contributed by atoms with Crippen molar-refractivity contribution in [1.82, 2.24) is 0 Å². The highest BCUT2D eigenvalue weighted by Crippen LogP contribution is 2.71. The molecule has 0 aliphatic heterocycles. The highest BCUT2D eigenvalue weighted by Gasteiger charge is 2.50. The molecule has 28 heavy (non-hydrogen) atoms. The lowest BCUT2D eigenvalue weighted by Gasteiger charge is -2.31. The second kappa shape index (κ2) is 14.5. The molecule has 0 aromatic carbocycles. The van der Waals surface area contributed by atoms with E-state index in [2.05, 4.69) is 6.58 Å². The van der Waals surface area contributed by atoms with Crippen LogP contribution in [-0.2, 0) is 41.5 Å². The summed E-state index contributed by atoms with van der Waals surface area (Å²) in [7, 11) is -7.62. The maximum absolute atomic E-state index is 13.3. The van der Waals surface area contributed by atoms with Crippen molar-refractivity contribution in [1.29, 1.82) is 0 Å². The molecule has 0 N–H and O–H groups in total. The van der Waals surface area contributed by atoms with E-state index in [-0.39, 0.29) is 58.2 Å². The molecule has 0 saturated heterocycles. The van der Waals surface area contributed by atoms with Crippen molar-refractivity contribution in [2.24, 2.45) is 0 Å². The number of carbonyl (C=O) groups excluding carboxylic acids is 1. The van der Waals surface area contributed by atoms with Gasteiger partial charge in [-0.15, -0.1) is 0 Å². The lowest BCUT2D eigenvalue weighted by Crippen LogP contribution is -2.20. The summed E-state index contributed by atoms with van der Waals surface area (Å²) in [6, 6.07) is 0. The quantitative estimate of drug-likeness (QED) is 0.140. The summed E-state index contributed by atoms with van der Waals surface area (Å²) in [5.41, 5.74) is 0.147. The zero-order valence-corrected chi connectivity index (χ0v) is 19.3. The highest BCUT2D eigenvalue weighted by molar-refractivity contribution is 7.72. The van der Waals surface area contributed by atoms with Crippen LogP contribution in [0.1, 0.15) is 41.0 Å². The van der Waals surface area contributed by atoms with Gasteiger partial charge < -0.3 is 27.6 Å². The van der Waals surface area contributed by atoms with Crippen molar-refractivity contribution in [3.8, 4) is 0 Å². The molecule has 0 amide bonds. The summed E-state index contributed by atoms with van der Waals surface area (Å²) < 4.78 is 58.4. The van der Waals surface area contributed by atoms with Crippen LogP contribution in [0.2, 0.25) is 0 Å². The summed E-state index contributed by atoms with van der Waals surface area (Å²) in [6.07, 6.45) is 0.0185. The van der Waals surface area contributed by atoms with Gasteiger partial charge in [0.25, 0.3) is 0 Å². The second-order valence-electron chi connectivity index (χ2n) is 5.40. The summed E-state index contributed by atoms with van der Waals surface area (Å²) in [6.45, 7) is 12.5. The van der Waals surface area contributed by atoms with Gasteiger partial charge in [-0.3, -0.25) is 9.13 Å². The Hall–Kier alpha value is -0.530. The Morgan fingerprint density at radius 2 is 1.25 bits per heavy atom. The van der Waals surface area contributed by atoms with E-state index in [1.165, 1.54) is 0 Å². The summed E-state index contributed by atoms with van der Waals surface area (Å²) in [5, 5.41) is -1.16. The molecular formula is C17H34O9P2. The van der Waals surface area contributed by atoms with Gasteiger partial charge in [-0.1, -0.05) is 6.58 Å². The third-order valence-corrected chi connectivity index (χ3v) is 9.47. The minimum Gasteiger partial charge on any atom is -0.463 e. The molecule has 0 bridgehead atoms. The molecular weight excluding hydrogens is 410 g/mol. The van der Waals surface area contributed by atoms with Crippen LogP contribution in [-0.4, -0.2) is 57.6 Å². The van der Waals surface area contributed by atoms with Gasteiger partial charge in [0.1, 0.15) is 0 Å². The van der Waals surface area contributed by atoms with Crippen molar-refractivity contribution < 1.29 is 41.5 Å². The van der Waals surface area contributed by atoms with Crippen molar-refractivity contribution in [3.05, 3.63) is 12.2 Å². The van der Waals surface area contributed by atoms with Crippen LogP contribution in [0, 0.1) is 0 Å². The van der Waals surface area contributed by atoms with Crippen LogP contribution >= 0.6 is 15.2 Å². The fourth-order valence-electron chi connectivity index (χ4n) is 2.30. The number of hydrogen-bond donors (Lipinski definition) is 0. The van der Waals surface area contributed by atoms with Crippen LogP contribution < -0.4 is 0 Å². The standard InChI is InChI=1S/C17H34O9P2/c1-7-22-17(18)15(6)14-21-13-12-16(27(19,23-8-2)24-9-3)28(20,25-10-4)26-11-5/h16H,6-14H2,1-5H3. The zero-order chi connectivity index (χ0) is 21.6. The van der Waals surface area contributed by atoms with E-state index in [1.807, 2.05) is 0 Å². The van der Waals surface area contributed by atoms with E-state index in [0.717, 1.165) is 0 Å². The fourth-order valence-corrected chi connectivity index (χ4v) is 7.61. The molecule has 166 valence electrons. The predicted molar refractivity (Wildman–Crippen MR) is 107 cm³/mol. The molecule has 0 heterocycles. The molecule has 0 fully saturated rings. The van der Waals surface area contributed by atoms with Crippen LogP contribution in [0.5, 0.6) is 0 Å². The lowest BCUT2D eigenvalue weighted by atomic mass is 10.3. The van der Waals surface area contributed by atoms with Gasteiger partial charge in [0.2, 0.25) is 0 Å². The molecule has 0 saturated carbocycles. The highest BCUT2D eigenvalue weighted by atomic mass is 31.2. The Bertz CT molecular complexity index is 515. The SMILES string of the molecule is C=C(COCCC(P(=O)(OCC)OCC)P(=O)(OCC)OCC)C(=O)OCC. The van der Waals surface area contributed by atoms with Crippen LogP contribution in [0.15, 0.2) is 12.2 Å². The Balaban J connectivity index is 5.34. The Labute approximate surface area is 168 Å². The molecule has 0 atom stereocenters. The van der Waals surface area contributed by atoms with Crippen LogP contribution in [0.3, 0.4) is 0 Å². The van der Waals surface area contributed by atoms with Gasteiger partial charge in [0, 0.05) is 6.61 Å². The van der Waals surface area contributed by atoms with Gasteiger partial charge in [-0.25, -0.2) is 4.79 Å². The van der Waals surface area contributed by atoms with Crippen molar-refractivity contribution in [2.75, 3.05) is 46.2 Å². The minimum atomic E-state index is -3.81. The normalized spacial score (nSPS) is 12.4. The fraction of sp³-hybridized carbons (Fsp3) is 0.824. The maximum Gasteiger partial charge on any atom is 0.345 e. The average molecular weight is 444 g/mol. The number of hydrogen-bond acceptors (Lipinski definition) is 9. The lowest BCUT2D eigenvalue weighted by molar-refractivity contribution is -0.139. The first-order valence-corrected chi connectivity index (χ1v) is 12.7. The van der Waals surface area contributed by atoms with Gasteiger partial charge in [-0.05, 0) is 41.0 Å². The first-order valence-electron chi connectivity index (χ1n) is 9.44. The second-order valence-corrected chi connectivity index (χ2v) is 10.2. The van der Waals surface area contributed by atoms with Gasteiger partial charge in [0.05, 0.1) is 45.2 Å². The predicted octanol–water partition coefficient (Wildman–Crippen LogP) is 4.37. The summed E-state index contributed by atoms with van der Waals surface area (Å²) >= 11 is 0. The van der Waals surface area contributed by atoms with Crippen molar-refractivity contribution in [2.45, 2.75) is 46.4 Å². The Kier molecular flexibility index (Phi) is 14.2. The van der Waals surface area contributed by atoms with Crippen molar-refractivity contribution >= 4 is 21.2 Å². The Morgan fingerprint density at radius 1 is 0.821 bits per heavy atom. The smallest absolute Gasteiger partial charge is 0.345 e. The van der Waals surface area contributed by atoms with Gasteiger partial charge >= 0.3 is 21.2 Å². The topological polar surface area (TPSA) is 107 Å². The zero-order valence-electron chi connectivity index (χ0n) is 17.5. The summed E-state index contributed by atoms with van der Waals surface area (Å²) in [4.78, 5) is 11.6. The first kappa shape index (κ1) is 27.5. The number of esters is 1. The van der Waals surface area contributed by atoms with Gasteiger partial charge in [-0.2, -0.15) is 0 Å². The number of ether oxygens (including phenoxy) is 2. The van der Waals surface area contributed by atoms with E-state index < -0.39 is 26.6 Å². The molecule has 0 aromatic heterocycles. The van der Waals surface area contributed by atoms with E-state index in [0.29, 0.717) is 0 Å².